The van der Waals surface area contributed by atoms with E-state index in [-0.39, 0.29) is 17.6 Å². The summed E-state index contributed by atoms with van der Waals surface area (Å²) in [6.07, 6.45) is 5.74. The van der Waals surface area contributed by atoms with Gasteiger partial charge in [-0.2, -0.15) is 0 Å². The molecule has 0 saturated carbocycles. The highest BCUT2D eigenvalue weighted by Gasteiger charge is 2.55. The number of β-lactam (4-membered cyclic amide) rings is 1. The Bertz CT molecular complexity index is 638. The number of rotatable bonds is 5. The maximum absolute atomic E-state index is 12.1. The van der Waals surface area contributed by atoms with E-state index >= 15 is 0 Å². The summed E-state index contributed by atoms with van der Waals surface area (Å²) in [6.45, 7) is 2.40. The van der Waals surface area contributed by atoms with Crippen molar-refractivity contribution in [1.82, 2.24) is 9.80 Å². The van der Waals surface area contributed by atoms with Gasteiger partial charge in [0, 0.05) is 36.4 Å². The number of amides is 1. The Hall–Kier alpha value is -1.73. The molecule has 0 aromatic heterocycles. The van der Waals surface area contributed by atoms with Gasteiger partial charge in [0.15, 0.2) is 0 Å². The number of likely N-dealkylation sites (N-methyl/N-ethyl adjacent to an activating group) is 1. The molecule has 3 aliphatic rings. The summed E-state index contributed by atoms with van der Waals surface area (Å²) in [4.78, 5) is 27.6. The van der Waals surface area contributed by atoms with Crippen molar-refractivity contribution in [3.8, 4) is 0 Å². The molecule has 0 bridgehead atoms. The first kappa shape index (κ1) is 16.1. The summed E-state index contributed by atoms with van der Waals surface area (Å²) in [6, 6.07) is -0.254. The second-order valence-corrected chi connectivity index (χ2v) is 7.13. The maximum atomic E-state index is 12.1. The molecule has 3 heterocycles. The van der Waals surface area contributed by atoms with Crippen molar-refractivity contribution in [2.24, 2.45) is 5.92 Å². The Morgan fingerprint density at radius 2 is 2.30 bits per heavy atom. The molecule has 6 nitrogen and oxygen atoms in total. The van der Waals surface area contributed by atoms with Crippen molar-refractivity contribution in [3.05, 3.63) is 34.5 Å². The summed E-state index contributed by atoms with van der Waals surface area (Å²) in [7, 11) is 1.98. The smallest absolute Gasteiger partial charge is 0.235 e. The van der Waals surface area contributed by atoms with Gasteiger partial charge in [-0.3, -0.25) is 4.79 Å². The van der Waals surface area contributed by atoms with Crippen molar-refractivity contribution >= 4 is 23.6 Å². The zero-order valence-corrected chi connectivity index (χ0v) is 13.9. The highest BCUT2D eigenvalue weighted by molar-refractivity contribution is 8.03. The molecule has 0 spiro atoms. The van der Waals surface area contributed by atoms with Crippen LogP contribution < -0.4 is 5.11 Å². The topological polar surface area (TPSA) is 83.9 Å². The number of carboxylic acids is 1. The highest BCUT2D eigenvalue weighted by atomic mass is 32.2. The third-order valence-corrected chi connectivity index (χ3v) is 5.72. The number of hydrogen-bond acceptors (Lipinski definition) is 6. The van der Waals surface area contributed by atoms with Crippen molar-refractivity contribution in [2.75, 3.05) is 19.3 Å². The second kappa shape index (κ2) is 6.05. The van der Waals surface area contributed by atoms with Crippen LogP contribution in [0.4, 0.5) is 0 Å². The fourth-order valence-electron chi connectivity index (χ4n) is 3.31. The number of carboxylic acid groups (broad SMARTS) is 1. The Morgan fingerprint density at radius 3 is 2.91 bits per heavy atom. The van der Waals surface area contributed by atoms with Gasteiger partial charge in [0.2, 0.25) is 5.91 Å². The summed E-state index contributed by atoms with van der Waals surface area (Å²) in [5.74, 6) is -1.52. The molecule has 3 aliphatic heterocycles. The van der Waals surface area contributed by atoms with E-state index in [4.69, 9.17) is 0 Å². The summed E-state index contributed by atoms with van der Waals surface area (Å²) < 4.78 is 0. The Balaban J connectivity index is 1.76. The standard InChI is InChI=1S/C16H20N2O4S/c1-9(19)13-11-7-12(14(16(21)22)18(11)15(13)20)23-8-10-5-3-4-6-17(10)2/h3-5,9,11,13,19H,6-8H2,1-2H3,(H,21,22)/p-1/t9?,11-,13-/m1/s1. The van der Waals surface area contributed by atoms with Gasteiger partial charge in [0.05, 0.1) is 29.7 Å². The molecule has 3 atom stereocenters. The van der Waals surface area contributed by atoms with Gasteiger partial charge in [-0.15, -0.1) is 11.8 Å². The zero-order valence-electron chi connectivity index (χ0n) is 13.1. The van der Waals surface area contributed by atoms with Crippen LogP contribution in [0.5, 0.6) is 0 Å². The molecule has 1 saturated heterocycles. The number of fused-ring (bicyclic) bond motifs is 1. The predicted molar refractivity (Wildman–Crippen MR) is 84.8 cm³/mol. The van der Waals surface area contributed by atoms with Gasteiger partial charge in [-0.1, -0.05) is 12.2 Å². The normalized spacial score (nSPS) is 27.8. The minimum Gasteiger partial charge on any atom is -0.543 e. The first-order valence-corrected chi connectivity index (χ1v) is 8.55. The lowest BCUT2D eigenvalue weighted by Gasteiger charge is -2.45. The van der Waals surface area contributed by atoms with Gasteiger partial charge in [-0.25, -0.2) is 0 Å². The van der Waals surface area contributed by atoms with E-state index in [1.54, 1.807) is 6.92 Å². The number of allylic oxidation sites excluding steroid dienone is 2. The van der Waals surface area contributed by atoms with E-state index in [1.807, 2.05) is 25.3 Å². The van der Waals surface area contributed by atoms with Crippen LogP contribution in [0.1, 0.15) is 13.3 Å². The van der Waals surface area contributed by atoms with Crippen molar-refractivity contribution in [2.45, 2.75) is 25.5 Å². The van der Waals surface area contributed by atoms with Crippen LogP contribution in [0.25, 0.3) is 0 Å². The summed E-state index contributed by atoms with van der Waals surface area (Å²) in [5.41, 5.74) is 1.09. The van der Waals surface area contributed by atoms with Gasteiger partial charge >= 0.3 is 0 Å². The van der Waals surface area contributed by atoms with Crippen molar-refractivity contribution in [3.63, 3.8) is 0 Å². The molecule has 0 aliphatic carbocycles. The van der Waals surface area contributed by atoms with Crippen LogP contribution in [-0.2, 0) is 9.59 Å². The van der Waals surface area contributed by atoms with E-state index in [0.717, 1.165) is 12.2 Å². The predicted octanol–water partition coefficient (Wildman–Crippen LogP) is -0.322. The first-order chi connectivity index (χ1) is 10.9. The van der Waals surface area contributed by atoms with Crippen LogP contribution in [0.15, 0.2) is 34.5 Å². The molecule has 1 fully saturated rings. The molecule has 0 aromatic carbocycles. The summed E-state index contributed by atoms with van der Waals surface area (Å²) in [5, 5.41) is 21.2. The molecule has 1 unspecified atom stereocenters. The number of nitrogens with zero attached hydrogens (tertiary/aromatic N) is 2. The van der Waals surface area contributed by atoms with E-state index in [9.17, 15) is 19.8 Å². The number of carbonyl (C=O) groups is 2. The lowest BCUT2D eigenvalue weighted by Crippen LogP contribution is -2.62. The monoisotopic (exact) mass is 335 g/mol. The largest absolute Gasteiger partial charge is 0.543 e. The van der Waals surface area contributed by atoms with Crippen molar-refractivity contribution in [1.29, 1.82) is 0 Å². The number of hydrogen-bond donors (Lipinski definition) is 1. The minimum absolute atomic E-state index is 0.0171. The first-order valence-electron chi connectivity index (χ1n) is 7.57. The SMILES string of the molecule is CC(O)[C@H]1C(=O)N2C(C(=O)[O-])=C(SCC3=CC=CCN3C)C[C@H]12. The average Bonchev–Trinajstić information content (AvgIpc) is 2.80. The molecule has 3 rings (SSSR count). The number of carbonyl (C=O) groups excluding carboxylic acids is 2. The van der Waals surface area contributed by atoms with E-state index in [0.29, 0.717) is 17.1 Å². The van der Waals surface area contributed by atoms with Crippen LogP contribution in [0.3, 0.4) is 0 Å². The van der Waals surface area contributed by atoms with Crippen LogP contribution in [-0.4, -0.2) is 58.3 Å². The molecular formula is C16H19N2O4S-. The average molecular weight is 335 g/mol. The lowest BCUT2D eigenvalue weighted by atomic mass is 9.83. The van der Waals surface area contributed by atoms with Gasteiger partial charge in [0.25, 0.3) is 0 Å². The van der Waals surface area contributed by atoms with E-state index < -0.39 is 18.0 Å². The molecule has 1 amide bonds. The van der Waals surface area contributed by atoms with E-state index in [2.05, 4.69) is 4.90 Å². The van der Waals surface area contributed by atoms with Crippen molar-refractivity contribution < 1.29 is 19.8 Å². The van der Waals surface area contributed by atoms with Crippen LogP contribution >= 0.6 is 11.8 Å². The van der Waals surface area contributed by atoms with Crippen LogP contribution in [0.2, 0.25) is 0 Å². The third-order valence-electron chi connectivity index (χ3n) is 4.57. The molecule has 1 N–H and O–H groups in total. The third kappa shape index (κ3) is 2.68. The van der Waals surface area contributed by atoms with Gasteiger partial charge in [0.1, 0.15) is 0 Å². The summed E-state index contributed by atoms with van der Waals surface area (Å²) >= 11 is 1.43. The molecular weight excluding hydrogens is 316 g/mol. The number of aliphatic carboxylic acids is 1. The Morgan fingerprint density at radius 1 is 1.57 bits per heavy atom. The number of thioether (sulfide) groups is 1. The van der Waals surface area contributed by atoms with Gasteiger partial charge < -0.3 is 24.8 Å². The fourth-order valence-corrected chi connectivity index (χ4v) is 4.56. The lowest BCUT2D eigenvalue weighted by molar-refractivity contribution is -0.301. The molecule has 0 radical (unpaired) electrons. The van der Waals surface area contributed by atoms with E-state index in [1.165, 1.54) is 16.7 Å². The second-order valence-electron chi connectivity index (χ2n) is 6.06. The minimum atomic E-state index is -1.32. The maximum Gasteiger partial charge on any atom is 0.235 e. The Labute approximate surface area is 139 Å². The quantitative estimate of drug-likeness (QED) is 0.693. The molecule has 124 valence electrons. The highest BCUT2D eigenvalue weighted by Crippen LogP contribution is 2.47. The number of aliphatic hydroxyl groups is 1. The fraction of sp³-hybridized carbons (Fsp3) is 0.500. The van der Waals surface area contributed by atoms with Gasteiger partial charge in [-0.05, 0) is 13.0 Å². The molecule has 7 heteroatoms. The zero-order chi connectivity index (χ0) is 16.7. The Kier molecular flexibility index (Phi) is 4.25. The van der Waals surface area contributed by atoms with Crippen LogP contribution in [0, 0.1) is 5.92 Å². The molecule has 0 aromatic rings. The molecule has 23 heavy (non-hydrogen) atoms. The number of aliphatic hydroxyl groups excluding tert-OH is 1.